The van der Waals surface area contributed by atoms with Gasteiger partial charge in [0.2, 0.25) is 0 Å². The first-order chi connectivity index (χ1) is 11.8. The minimum Gasteiger partial charge on any atom is -0.336 e. The van der Waals surface area contributed by atoms with Crippen molar-refractivity contribution in [3.63, 3.8) is 0 Å². The van der Waals surface area contributed by atoms with Crippen LogP contribution in [0.3, 0.4) is 0 Å². The lowest BCUT2D eigenvalue weighted by Crippen LogP contribution is -2.44. The Bertz CT molecular complexity index is 823. The molecule has 1 saturated heterocycles. The van der Waals surface area contributed by atoms with Gasteiger partial charge in [-0.15, -0.1) is 0 Å². The number of likely N-dealkylation sites (tertiary alicyclic amines) is 1. The molecular weight excluding hydrogens is 302 g/mol. The van der Waals surface area contributed by atoms with Crippen molar-refractivity contribution in [3.8, 4) is 0 Å². The normalized spacial score (nSPS) is 18.2. The Morgan fingerprint density at radius 2 is 2.17 bits per heavy atom. The molecule has 0 aliphatic carbocycles. The zero-order valence-corrected chi connectivity index (χ0v) is 13.6. The van der Waals surface area contributed by atoms with Gasteiger partial charge in [0.25, 0.3) is 5.91 Å². The highest BCUT2D eigenvalue weighted by Crippen LogP contribution is 2.22. The van der Waals surface area contributed by atoms with Crippen LogP contribution < -0.4 is 0 Å². The van der Waals surface area contributed by atoms with Gasteiger partial charge >= 0.3 is 0 Å². The molecule has 24 heavy (non-hydrogen) atoms. The van der Waals surface area contributed by atoms with Gasteiger partial charge in [-0.05, 0) is 43.9 Å². The number of amides is 1. The average Bonchev–Trinajstić information content (AvgIpc) is 3.30. The summed E-state index contributed by atoms with van der Waals surface area (Å²) in [6.07, 6.45) is 13.6. The van der Waals surface area contributed by atoms with Crippen LogP contribution in [0.2, 0.25) is 0 Å². The van der Waals surface area contributed by atoms with Crippen molar-refractivity contribution in [1.82, 2.24) is 24.1 Å². The molecule has 3 aromatic rings. The van der Waals surface area contributed by atoms with Crippen LogP contribution in [0, 0.1) is 0 Å². The summed E-state index contributed by atoms with van der Waals surface area (Å²) in [5, 5.41) is 4.26. The maximum Gasteiger partial charge on any atom is 0.255 e. The molecule has 1 atom stereocenters. The van der Waals surface area contributed by atoms with E-state index in [4.69, 9.17) is 0 Å². The minimum absolute atomic E-state index is 0.121. The van der Waals surface area contributed by atoms with Crippen LogP contribution >= 0.6 is 0 Å². The van der Waals surface area contributed by atoms with Gasteiger partial charge < -0.3 is 9.30 Å². The second-order valence-electron chi connectivity index (χ2n) is 6.32. The Kier molecular flexibility index (Phi) is 4.02. The molecular formula is C18H21N5O. The highest BCUT2D eigenvalue weighted by molar-refractivity contribution is 5.94. The van der Waals surface area contributed by atoms with Crippen molar-refractivity contribution < 1.29 is 4.79 Å². The summed E-state index contributed by atoms with van der Waals surface area (Å²) in [6.45, 7) is 1.69. The topological polar surface area (TPSA) is 55.4 Å². The lowest BCUT2D eigenvalue weighted by molar-refractivity contribution is 0.0593. The first kappa shape index (κ1) is 14.9. The molecule has 1 fully saturated rings. The maximum atomic E-state index is 13.0. The summed E-state index contributed by atoms with van der Waals surface area (Å²) in [5.74, 6) is 0.121. The average molecular weight is 323 g/mol. The number of hydrogen-bond acceptors (Lipinski definition) is 3. The number of carbonyl (C=O) groups excluding carboxylic acids is 1. The summed E-state index contributed by atoms with van der Waals surface area (Å²) >= 11 is 0. The van der Waals surface area contributed by atoms with E-state index in [0.29, 0.717) is 0 Å². The molecule has 0 saturated carbocycles. The third-order valence-electron chi connectivity index (χ3n) is 4.77. The molecule has 0 N–H and O–H groups in total. The summed E-state index contributed by atoms with van der Waals surface area (Å²) in [7, 11) is 0. The van der Waals surface area contributed by atoms with Gasteiger partial charge in [-0.3, -0.25) is 9.48 Å². The molecule has 6 heteroatoms. The first-order valence-electron chi connectivity index (χ1n) is 8.52. The van der Waals surface area contributed by atoms with Crippen LogP contribution in [0.15, 0.2) is 49.2 Å². The van der Waals surface area contributed by atoms with Gasteiger partial charge in [0.15, 0.2) is 0 Å². The molecule has 1 aliphatic heterocycles. The van der Waals surface area contributed by atoms with Gasteiger partial charge in [-0.25, -0.2) is 4.98 Å². The highest BCUT2D eigenvalue weighted by Gasteiger charge is 2.27. The molecule has 124 valence electrons. The third-order valence-corrected chi connectivity index (χ3v) is 4.77. The molecule has 4 heterocycles. The molecule has 0 spiro atoms. The summed E-state index contributed by atoms with van der Waals surface area (Å²) < 4.78 is 3.84. The van der Waals surface area contributed by atoms with Crippen LogP contribution in [0.25, 0.3) is 5.65 Å². The predicted octanol–water partition coefficient (Wildman–Crippen LogP) is 2.62. The maximum absolute atomic E-state index is 13.0. The monoisotopic (exact) mass is 323 g/mol. The number of imidazole rings is 1. The van der Waals surface area contributed by atoms with E-state index in [9.17, 15) is 4.79 Å². The molecule has 4 rings (SSSR count). The van der Waals surface area contributed by atoms with Crippen molar-refractivity contribution in [1.29, 1.82) is 0 Å². The standard InChI is InChI=1S/C18H21N5O/c24-18(15-5-6-17-19-9-13-21(17)14-15)23-11-2-1-4-16(23)7-12-22-10-3-8-20-22/h3,5-6,8-10,13-14,16H,1-2,4,7,11-12H2/t16-/m0/s1. The van der Waals surface area contributed by atoms with Crippen LogP contribution in [0.5, 0.6) is 0 Å². The van der Waals surface area contributed by atoms with Crippen LogP contribution in [-0.2, 0) is 6.54 Å². The fourth-order valence-electron chi connectivity index (χ4n) is 3.49. The number of pyridine rings is 1. The first-order valence-corrected chi connectivity index (χ1v) is 8.52. The number of piperidine rings is 1. The van der Waals surface area contributed by atoms with E-state index in [1.807, 2.05) is 50.8 Å². The fourth-order valence-corrected chi connectivity index (χ4v) is 3.49. The Labute approximate surface area is 140 Å². The van der Waals surface area contributed by atoms with E-state index >= 15 is 0 Å². The molecule has 0 aromatic carbocycles. The molecule has 0 bridgehead atoms. The lowest BCUT2D eigenvalue weighted by Gasteiger charge is -2.36. The van der Waals surface area contributed by atoms with Crippen molar-refractivity contribution in [2.45, 2.75) is 38.3 Å². The van der Waals surface area contributed by atoms with Gasteiger partial charge in [0.05, 0.1) is 5.56 Å². The summed E-state index contributed by atoms with van der Waals surface area (Å²) in [5.41, 5.74) is 1.59. The number of fused-ring (bicyclic) bond motifs is 1. The SMILES string of the molecule is O=C(c1ccc2nccn2c1)N1CCCC[C@H]1CCn1cccn1. The molecule has 6 nitrogen and oxygen atoms in total. The van der Waals surface area contributed by atoms with E-state index in [0.717, 1.165) is 43.6 Å². The molecule has 0 radical (unpaired) electrons. The second kappa shape index (κ2) is 6.47. The van der Waals surface area contributed by atoms with E-state index in [1.54, 1.807) is 12.4 Å². The second-order valence-corrected chi connectivity index (χ2v) is 6.32. The van der Waals surface area contributed by atoms with E-state index in [2.05, 4.69) is 10.1 Å². The van der Waals surface area contributed by atoms with Crippen molar-refractivity contribution >= 4 is 11.6 Å². The molecule has 3 aromatic heterocycles. The van der Waals surface area contributed by atoms with Crippen LogP contribution in [0.4, 0.5) is 0 Å². The number of aromatic nitrogens is 4. The Morgan fingerprint density at radius 1 is 1.21 bits per heavy atom. The van der Waals surface area contributed by atoms with E-state index in [-0.39, 0.29) is 11.9 Å². The van der Waals surface area contributed by atoms with E-state index in [1.165, 1.54) is 6.42 Å². The Hall–Kier alpha value is -2.63. The highest BCUT2D eigenvalue weighted by atomic mass is 16.2. The fraction of sp³-hybridized carbons (Fsp3) is 0.389. The van der Waals surface area contributed by atoms with Gasteiger partial charge in [0.1, 0.15) is 5.65 Å². The molecule has 1 aliphatic rings. The third kappa shape index (κ3) is 2.91. The number of nitrogens with zero attached hydrogens (tertiary/aromatic N) is 5. The Balaban J connectivity index is 1.51. The summed E-state index contributed by atoms with van der Waals surface area (Å²) in [4.78, 5) is 19.3. The van der Waals surface area contributed by atoms with E-state index < -0.39 is 0 Å². The number of carbonyl (C=O) groups is 1. The van der Waals surface area contributed by atoms with Gasteiger partial charge in [0, 0.05) is 50.1 Å². The summed E-state index contributed by atoms with van der Waals surface area (Å²) in [6, 6.07) is 6.00. The number of aryl methyl sites for hydroxylation is 1. The van der Waals surface area contributed by atoms with Crippen LogP contribution in [-0.4, -0.2) is 42.6 Å². The van der Waals surface area contributed by atoms with Crippen molar-refractivity contribution in [2.75, 3.05) is 6.54 Å². The largest absolute Gasteiger partial charge is 0.336 e. The number of rotatable bonds is 4. The molecule has 1 amide bonds. The van der Waals surface area contributed by atoms with Crippen molar-refractivity contribution in [3.05, 3.63) is 54.7 Å². The van der Waals surface area contributed by atoms with Crippen LogP contribution in [0.1, 0.15) is 36.0 Å². The zero-order valence-electron chi connectivity index (χ0n) is 13.6. The van der Waals surface area contributed by atoms with Gasteiger partial charge in [-0.1, -0.05) is 0 Å². The predicted molar refractivity (Wildman–Crippen MR) is 90.7 cm³/mol. The lowest BCUT2D eigenvalue weighted by atomic mass is 9.98. The molecule has 0 unspecified atom stereocenters. The quantitative estimate of drug-likeness (QED) is 0.741. The Morgan fingerprint density at radius 3 is 3.04 bits per heavy atom. The zero-order chi connectivity index (χ0) is 16.4. The minimum atomic E-state index is 0.121. The number of hydrogen-bond donors (Lipinski definition) is 0. The smallest absolute Gasteiger partial charge is 0.255 e. The van der Waals surface area contributed by atoms with Gasteiger partial charge in [-0.2, -0.15) is 5.10 Å². The van der Waals surface area contributed by atoms with Crippen molar-refractivity contribution in [2.24, 2.45) is 0 Å².